The van der Waals surface area contributed by atoms with E-state index in [0.29, 0.717) is 16.4 Å². The summed E-state index contributed by atoms with van der Waals surface area (Å²) in [5.74, 6) is 0.715. The van der Waals surface area contributed by atoms with Gasteiger partial charge in [-0.05, 0) is 53.4 Å². The van der Waals surface area contributed by atoms with Crippen LogP contribution in [-0.2, 0) is 5.75 Å². The summed E-state index contributed by atoms with van der Waals surface area (Å²) >= 11 is 1.60. The molecule has 34 heavy (non-hydrogen) atoms. The summed E-state index contributed by atoms with van der Waals surface area (Å²) in [6, 6.07) is 28.8. The van der Waals surface area contributed by atoms with E-state index in [4.69, 9.17) is 4.98 Å². The molecule has 0 atom stereocenters. The minimum Gasteiger partial charge on any atom is -0.349 e. The molecule has 0 saturated carbocycles. The quantitative estimate of drug-likeness (QED) is 0.229. The van der Waals surface area contributed by atoms with Gasteiger partial charge in [0, 0.05) is 16.7 Å². The van der Waals surface area contributed by atoms with Crippen LogP contribution in [0.2, 0.25) is 0 Å². The molecule has 0 aliphatic carbocycles. The van der Waals surface area contributed by atoms with E-state index in [0.717, 1.165) is 33.2 Å². The standard InChI is InChI=1S/C29H23N3OS/c1-18-9-7-16-25(19(18)2)32-28(33)27-26(23-14-5-6-15-24(23)30-27)31-29(32)34-17-21-12-8-11-20-10-3-4-13-22(20)21/h3-16,30H,17H2,1-2H3. The van der Waals surface area contributed by atoms with Crippen LogP contribution < -0.4 is 5.56 Å². The summed E-state index contributed by atoms with van der Waals surface area (Å²) in [6.45, 7) is 4.13. The van der Waals surface area contributed by atoms with Crippen LogP contribution >= 0.6 is 11.8 Å². The molecular formula is C29H23N3OS. The predicted octanol–water partition coefficient (Wildman–Crippen LogP) is 6.93. The van der Waals surface area contributed by atoms with Gasteiger partial charge in [0.1, 0.15) is 11.0 Å². The van der Waals surface area contributed by atoms with Crippen molar-refractivity contribution >= 4 is 44.5 Å². The Balaban J connectivity index is 1.57. The monoisotopic (exact) mass is 461 g/mol. The zero-order chi connectivity index (χ0) is 23.2. The highest BCUT2D eigenvalue weighted by Crippen LogP contribution is 2.31. The number of rotatable bonds is 4. The lowest BCUT2D eigenvalue weighted by molar-refractivity contribution is 0.812. The van der Waals surface area contributed by atoms with Gasteiger partial charge in [-0.15, -0.1) is 0 Å². The SMILES string of the molecule is Cc1cccc(-n2c(SCc3cccc4ccccc34)nc3c([nH]c4ccccc43)c2=O)c1C. The Bertz CT molecular complexity index is 1760. The minimum atomic E-state index is -0.0738. The first kappa shape index (κ1) is 20.8. The average Bonchev–Trinajstić information content (AvgIpc) is 3.24. The lowest BCUT2D eigenvalue weighted by Crippen LogP contribution is -2.22. The summed E-state index contributed by atoms with van der Waals surface area (Å²) in [5, 5.41) is 4.11. The third kappa shape index (κ3) is 3.32. The molecule has 4 aromatic carbocycles. The number of thioether (sulfide) groups is 1. The number of para-hydroxylation sites is 1. The molecule has 166 valence electrons. The predicted molar refractivity (Wildman–Crippen MR) is 142 cm³/mol. The number of hydrogen-bond donors (Lipinski definition) is 1. The van der Waals surface area contributed by atoms with Gasteiger partial charge in [0.15, 0.2) is 5.16 Å². The molecule has 6 rings (SSSR count). The number of hydrogen-bond acceptors (Lipinski definition) is 3. The van der Waals surface area contributed by atoms with E-state index < -0.39 is 0 Å². The van der Waals surface area contributed by atoms with Gasteiger partial charge in [0.25, 0.3) is 5.56 Å². The lowest BCUT2D eigenvalue weighted by atomic mass is 10.1. The maximum absolute atomic E-state index is 13.9. The van der Waals surface area contributed by atoms with Crippen molar-refractivity contribution < 1.29 is 0 Å². The maximum Gasteiger partial charge on any atom is 0.283 e. The molecule has 0 aliphatic rings. The second-order valence-electron chi connectivity index (χ2n) is 8.58. The van der Waals surface area contributed by atoms with Crippen molar-refractivity contribution in [2.75, 3.05) is 0 Å². The molecule has 0 radical (unpaired) electrons. The Morgan fingerprint density at radius 1 is 0.853 bits per heavy atom. The van der Waals surface area contributed by atoms with Gasteiger partial charge in [-0.2, -0.15) is 0 Å². The van der Waals surface area contributed by atoms with Crippen LogP contribution in [0.5, 0.6) is 0 Å². The summed E-state index contributed by atoms with van der Waals surface area (Å²) < 4.78 is 1.77. The number of aromatic amines is 1. The maximum atomic E-state index is 13.9. The van der Waals surface area contributed by atoms with Crippen LogP contribution in [-0.4, -0.2) is 14.5 Å². The molecular weight excluding hydrogens is 438 g/mol. The molecule has 4 nitrogen and oxygen atoms in total. The molecule has 0 unspecified atom stereocenters. The molecule has 5 heteroatoms. The molecule has 1 N–H and O–H groups in total. The van der Waals surface area contributed by atoms with E-state index >= 15 is 0 Å². The average molecular weight is 462 g/mol. The van der Waals surface area contributed by atoms with Crippen molar-refractivity contribution in [3.8, 4) is 5.69 Å². The van der Waals surface area contributed by atoms with Crippen molar-refractivity contribution in [2.45, 2.75) is 24.8 Å². The third-order valence-corrected chi connectivity index (χ3v) is 7.54. The van der Waals surface area contributed by atoms with Gasteiger partial charge in [-0.1, -0.05) is 84.6 Å². The van der Waals surface area contributed by atoms with E-state index in [1.54, 1.807) is 16.3 Å². The fraction of sp³-hybridized carbons (Fsp3) is 0.103. The molecule has 0 spiro atoms. The van der Waals surface area contributed by atoms with Gasteiger partial charge in [-0.25, -0.2) is 4.98 Å². The molecule has 0 amide bonds. The Morgan fingerprint density at radius 3 is 2.47 bits per heavy atom. The number of benzene rings is 4. The van der Waals surface area contributed by atoms with E-state index in [-0.39, 0.29) is 5.56 Å². The molecule has 0 bridgehead atoms. The molecule has 6 aromatic rings. The number of aryl methyl sites for hydroxylation is 1. The van der Waals surface area contributed by atoms with Crippen molar-refractivity contribution in [3.05, 3.63) is 112 Å². The number of H-pyrrole nitrogens is 1. The number of nitrogens with zero attached hydrogens (tertiary/aromatic N) is 2. The van der Waals surface area contributed by atoms with E-state index in [1.165, 1.54) is 16.3 Å². The molecule has 0 fully saturated rings. The van der Waals surface area contributed by atoms with Crippen molar-refractivity contribution in [1.82, 2.24) is 14.5 Å². The van der Waals surface area contributed by atoms with Crippen LogP contribution in [0.25, 0.3) is 38.4 Å². The van der Waals surface area contributed by atoms with Crippen LogP contribution in [0.15, 0.2) is 94.9 Å². The van der Waals surface area contributed by atoms with Crippen LogP contribution in [0.1, 0.15) is 16.7 Å². The van der Waals surface area contributed by atoms with E-state index in [1.807, 2.05) is 36.4 Å². The number of fused-ring (bicyclic) bond motifs is 4. The summed E-state index contributed by atoms with van der Waals surface area (Å²) in [7, 11) is 0. The first-order valence-corrected chi connectivity index (χ1v) is 12.3. The fourth-order valence-electron chi connectivity index (χ4n) is 4.59. The Kier molecular flexibility index (Phi) is 5.00. The third-order valence-electron chi connectivity index (χ3n) is 6.55. The fourth-order valence-corrected chi connectivity index (χ4v) is 5.59. The highest BCUT2D eigenvalue weighted by atomic mass is 32.2. The van der Waals surface area contributed by atoms with Crippen molar-refractivity contribution in [3.63, 3.8) is 0 Å². The zero-order valence-electron chi connectivity index (χ0n) is 19.0. The number of aromatic nitrogens is 3. The van der Waals surface area contributed by atoms with E-state index in [2.05, 4.69) is 67.4 Å². The van der Waals surface area contributed by atoms with Crippen LogP contribution in [0.3, 0.4) is 0 Å². The Labute approximate surface area is 201 Å². The van der Waals surface area contributed by atoms with Gasteiger partial charge in [0.05, 0.1) is 5.69 Å². The Hall–Kier alpha value is -3.83. The number of nitrogens with one attached hydrogen (secondary N) is 1. The molecule has 2 aromatic heterocycles. The largest absolute Gasteiger partial charge is 0.349 e. The van der Waals surface area contributed by atoms with Gasteiger partial charge in [-0.3, -0.25) is 9.36 Å². The van der Waals surface area contributed by atoms with Crippen LogP contribution in [0.4, 0.5) is 0 Å². The summed E-state index contributed by atoms with van der Waals surface area (Å²) in [5.41, 5.74) is 6.43. The minimum absolute atomic E-state index is 0.0738. The van der Waals surface area contributed by atoms with E-state index in [9.17, 15) is 4.79 Å². The highest BCUT2D eigenvalue weighted by Gasteiger charge is 2.19. The molecule has 0 aliphatic heterocycles. The molecule has 0 saturated heterocycles. The summed E-state index contributed by atoms with van der Waals surface area (Å²) in [6.07, 6.45) is 0. The zero-order valence-corrected chi connectivity index (χ0v) is 19.8. The lowest BCUT2D eigenvalue weighted by Gasteiger charge is -2.16. The van der Waals surface area contributed by atoms with Crippen molar-refractivity contribution in [1.29, 1.82) is 0 Å². The van der Waals surface area contributed by atoms with Crippen molar-refractivity contribution in [2.24, 2.45) is 0 Å². The first-order valence-electron chi connectivity index (χ1n) is 11.3. The van der Waals surface area contributed by atoms with Gasteiger partial charge in [0.2, 0.25) is 0 Å². The Morgan fingerprint density at radius 2 is 1.59 bits per heavy atom. The highest BCUT2D eigenvalue weighted by molar-refractivity contribution is 7.98. The smallest absolute Gasteiger partial charge is 0.283 e. The first-order chi connectivity index (χ1) is 16.6. The topological polar surface area (TPSA) is 50.7 Å². The van der Waals surface area contributed by atoms with Gasteiger partial charge >= 0.3 is 0 Å². The normalized spacial score (nSPS) is 11.6. The van der Waals surface area contributed by atoms with Gasteiger partial charge < -0.3 is 4.98 Å². The second-order valence-corrected chi connectivity index (χ2v) is 9.52. The second kappa shape index (κ2) is 8.19. The molecule has 2 heterocycles. The van der Waals surface area contributed by atoms with Crippen LogP contribution in [0, 0.1) is 13.8 Å². The summed E-state index contributed by atoms with van der Waals surface area (Å²) in [4.78, 5) is 22.3.